The summed E-state index contributed by atoms with van der Waals surface area (Å²) in [4.78, 5) is 26.9. The Morgan fingerprint density at radius 3 is 2.95 bits per heavy atom. The molecule has 0 aliphatic carbocycles. The van der Waals surface area contributed by atoms with Crippen molar-refractivity contribution in [2.24, 2.45) is 0 Å². The Labute approximate surface area is 108 Å². The first-order valence-corrected chi connectivity index (χ1v) is 5.45. The van der Waals surface area contributed by atoms with E-state index >= 15 is 0 Å². The Kier molecular flexibility index (Phi) is 3.37. The van der Waals surface area contributed by atoms with Gasteiger partial charge in [0.2, 0.25) is 0 Å². The number of nitrogens with zero attached hydrogens (tertiary/aromatic N) is 2. The molecule has 0 bridgehead atoms. The number of rotatable bonds is 4. The zero-order valence-electron chi connectivity index (χ0n) is 10.4. The first kappa shape index (κ1) is 12.9. The molecular formula is C12H12N2O5. The van der Waals surface area contributed by atoms with Gasteiger partial charge >= 0.3 is 5.97 Å². The maximum atomic E-state index is 11.9. The molecule has 0 aliphatic heterocycles. The summed E-state index contributed by atoms with van der Waals surface area (Å²) in [6.07, 6.45) is 1.26. The summed E-state index contributed by atoms with van der Waals surface area (Å²) in [7, 11) is 1.39. The van der Waals surface area contributed by atoms with Gasteiger partial charge in [-0.15, -0.1) is 0 Å². The standard InChI is InChI=1S/C12H12N2O5/c1-7-5-10(15)14(12(13-7)18-2)6-9-8(11(16)17)3-4-19-9/h3-5H,6H2,1-2H3,(H,16,17). The van der Waals surface area contributed by atoms with Gasteiger partial charge in [0.25, 0.3) is 11.6 Å². The molecule has 0 spiro atoms. The second-order valence-corrected chi connectivity index (χ2v) is 3.87. The van der Waals surface area contributed by atoms with Crippen LogP contribution in [0.5, 0.6) is 6.01 Å². The third-order valence-electron chi connectivity index (χ3n) is 2.56. The van der Waals surface area contributed by atoms with Gasteiger partial charge in [-0.25, -0.2) is 9.78 Å². The highest BCUT2D eigenvalue weighted by molar-refractivity contribution is 5.88. The van der Waals surface area contributed by atoms with Crippen molar-refractivity contribution in [3.8, 4) is 6.01 Å². The van der Waals surface area contributed by atoms with Crippen molar-refractivity contribution in [3.63, 3.8) is 0 Å². The van der Waals surface area contributed by atoms with E-state index in [2.05, 4.69) is 4.98 Å². The van der Waals surface area contributed by atoms with E-state index in [9.17, 15) is 9.59 Å². The molecule has 2 aromatic rings. The van der Waals surface area contributed by atoms with Gasteiger partial charge in [-0.1, -0.05) is 0 Å². The van der Waals surface area contributed by atoms with Crippen molar-refractivity contribution in [1.82, 2.24) is 9.55 Å². The van der Waals surface area contributed by atoms with Crippen molar-refractivity contribution in [2.45, 2.75) is 13.5 Å². The average molecular weight is 264 g/mol. The fraction of sp³-hybridized carbons (Fsp3) is 0.250. The zero-order chi connectivity index (χ0) is 14.0. The molecular weight excluding hydrogens is 252 g/mol. The normalized spacial score (nSPS) is 10.4. The minimum absolute atomic E-state index is 0.00882. The van der Waals surface area contributed by atoms with Crippen LogP contribution in [0.4, 0.5) is 0 Å². The minimum Gasteiger partial charge on any atom is -0.478 e. The Morgan fingerprint density at radius 2 is 2.32 bits per heavy atom. The van der Waals surface area contributed by atoms with E-state index in [1.165, 1.54) is 30.1 Å². The average Bonchev–Trinajstić information content (AvgIpc) is 2.80. The van der Waals surface area contributed by atoms with E-state index in [0.717, 1.165) is 0 Å². The van der Waals surface area contributed by atoms with Crippen LogP contribution in [0.15, 0.2) is 27.6 Å². The molecule has 0 saturated carbocycles. The van der Waals surface area contributed by atoms with Crippen LogP contribution in [0.1, 0.15) is 21.8 Å². The van der Waals surface area contributed by atoms with Gasteiger partial charge in [-0.3, -0.25) is 9.36 Å². The molecule has 7 heteroatoms. The second kappa shape index (κ2) is 4.97. The number of carbonyl (C=O) groups is 1. The van der Waals surface area contributed by atoms with E-state index in [4.69, 9.17) is 14.3 Å². The molecule has 2 rings (SSSR count). The van der Waals surface area contributed by atoms with Gasteiger partial charge in [-0.05, 0) is 13.0 Å². The fourth-order valence-corrected chi connectivity index (χ4v) is 1.69. The van der Waals surface area contributed by atoms with E-state index in [1.807, 2.05) is 0 Å². The van der Waals surface area contributed by atoms with Crippen molar-refractivity contribution in [2.75, 3.05) is 7.11 Å². The molecule has 2 aromatic heterocycles. The van der Waals surface area contributed by atoms with Crippen LogP contribution >= 0.6 is 0 Å². The molecule has 7 nitrogen and oxygen atoms in total. The monoisotopic (exact) mass is 264 g/mol. The Morgan fingerprint density at radius 1 is 1.58 bits per heavy atom. The highest BCUT2D eigenvalue weighted by Crippen LogP contribution is 2.14. The molecule has 0 aromatic carbocycles. The predicted molar refractivity (Wildman–Crippen MR) is 64.6 cm³/mol. The molecule has 0 amide bonds. The van der Waals surface area contributed by atoms with E-state index in [1.54, 1.807) is 6.92 Å². The molecule has 19 heavy (non-hydrogen) atoms. The number of aromatic carboxylic acids is 1. The third-order valence-corrected chi connectivity index (χ3v) is 2.56. The topological polar surface area (TPSA) is 94.6 Å². The van der Waals surface area contributed by atoms with E-state index < -0.39 is 5.97 Å². The third kappa shape index (κ3) is 2.49. The van der Waals surface area contributed by atoms with Gasteiger partial charge in [0, 0.05) is 11.8 Å². The largest absolute Gasteiger partial charge is 0.478 e. The van der Waals surface area contributed by atoms with Crippen molar-refractivity contribution >= 4 is 5.97 Å². The van der Waals surface area contributed by atoms with Gasteiger partial charge in [0.15, 0.2) is 0 Å². The molecule has 0 saturated heterocycles. The quantitative estimate of drug-likeness (QED) is 0.881. The SMILES string of the molecule is COc1nc(C)cc(=O)n1Cc1occc1C(=O)O. The van der Waals surface area contributed by atoms with Gasteiger partial charge in [0.05, 0.1) is 19.9 Å². The number of furan rings is 1. The Hall–Kier alpha value is -2.57. The minimum atomic E-state index is -1.11. The van der Waals surface area contributed by atoms with Crippen molar-refractivity contribution < 1.29 is 19.1 Å². The van der Waals surface area contributed by atoms with Crippen molar-refractivity contribution in [1.29, 1.82) is 0 Å². The number of aromatic nitrogens is 2. The molecule has 0 radical (unpaired) electrons. The maximum absolute atomic E-state index is 11.9. The lowest BCUT2D eigenvalue weighted by molar-refractivity contribution is 0.0694. The lowest BCUT2D eigenvalue weighted by Gasteiger charge is -2.09. The van der Waals surface area contributed by atoms with E-state index in [0.29, 0.717) is 5.69 Å². The van der Waals surface area contributed by atoms with Crippen LogP contribution in [-0.4, -0.2) is 27.7 Å². The van der Waals surface area contributed by atoms with Crippen LogP contribution in [0.3, 0.4) is 0 Å². The summed E-state index contributed by atoms with van der Waals surface area (Å²) in [6.45, 7) is 1.62. The van der Waals surface area contributed by atoms with Crippen LogP contribution < -0.4 is 10.3 Å². The summed E-state index contributed by atoms with van der Waals surface area (Å²) < 4.78 is 11.3. The molecule has 0 aliphatic rings. The predicted octanol–water partition coefficient (Wildman–Crippen LogP) is 0.900. The molecule has 0 atom stereocenters. The number of aryl methyl sites for hydroxylation is 1. The van der Waals surface area contributed by atoms with Crippen LogP contribution in [0.25, 0.3) is 0 Å². The molecule has 2 heterocycles. The van der Waals surface area contributed by atoms with Crippen LogP contribution in [0, 0.1) is 6.92 Å². The highest BCUT2D eigenvalue weighted by atomic mass is 16.5. The molecule has 1 N–H and O–H groups in total. The molecule has 0 unspecified atom stereocenters. The smallest absolute Gasteiger partial charge is 0.339 e. The van der Waals surface area contributed by atoms with Crippen LogP contribution in [0.2, 0.25) is 0 Å². The number of ether oxygens (including phenoxy) is 1. The van der Waals surface area contributed by atoms with Gasteiger partial charge < -0.3 is 14.3 Å². The van der Waals surface area contributed by atoms with E-state index in [-0.39, 0.29) is 29.4 Å². The Bertz CT molecular complexity index is 671. The number of methoxy groups -OCH3 is 1. The summed E-state index contributed by atoms with van der Waals surface area (Å²) in [5.41, 5.74) is 0.197. The van der Waals surface area contributed by atoms with Gasteiger partial charge in [-0.2, -0.15) is 0 Å². The van der Waals surface area contributed by atoms with Crippen molar-refractivity contribution in [3.05, 3.63) is 45.8 Å². The zero-order valence-corrected chi connectivity index (χ0v) is 10.4. The lowest BCUT2D eigenvalue weighted by atomic mass is 10.2. The summed E-state index contributed by atoms with van der Waals surface area (Å²) in [5.74, 6) is -0.950. The van der Waals surface area contributed by atoms with Crippen LogP contribution in [-0.2, 0) is 6.54 Å². The first-order chi connectivity index (χ1) is 9.02. The lowest BCUT2D eigenvalue weighted by Crippen LogP contribution is -2.23. The number of carboxylic acids is 1. The summed E-state index contributed by atoms with van der Waals surface area (Å²) in [5, 5.41) is 8.98. The Balaban J connectivity index is 2.46. The summed E-state index contributed by atoms with van der Waals surface area (Å²) >= 11 is 0. The number of hydrogen-bond acceptors (Lipinski definition) is 5. The number of carboxylic acid groups (broad SMARTS) is 1. The summed E-state index contributed by atoms with van der Waals surface area (Å²) in [6, 6.07) is 2.78. The maximum Gasteiger partial charge on any atom is 0.339 e. The molecule has 0 fully saturated rings. The highest BCUT2D eigenvalue weighted by Gasteiger charge is 2.16. The second-order valence-electron chi connectivity index (χ2n) is 3.87. The number of hydrogen-bond donors (Lipinski definition) is 1. The first-order valence-electron chi connectivity index (χ1n) is 5.45. The van der Waals surface area contributed by atoms with Gasteiger partial charge in [0.1, 0.15) is 11.3 Å². The fourth-order valence-electron chi connectivity index (χ4n) is 1.69. The molecule has 100 valence electrons.